The van der Waals surface area contributed by atoms with Crippen molar-refractivity contribution in [3.05, 3.63) is 48.0 Å². The first kappa shape index (κ1) is 12.6. The maximum absolute atomic E-state index is 10.2. The average Bonchev–Trinajstić information content (AvgIpc) is 3.25. The largest absolute Gasteiger partial charge is 0.394 e. The Balaban J connectivity index is 1.72. The second-order valence-electron chi connectivity index (χ2n) is 5.44. The van der Waals surface area contributed by atoms with Crippen LogP contribution < -0.4 is 5.32 Å². The molecule has 19 heavy (non-hydrogen) atoms. The molecular weight excluding hydrogens is 238 g/mol. The van der Waals surface area contributed by atoms with Gasteiger partial charge < -0.3 is 15.5 Å². The molecule has 3 heteroatoms. The third kappa shape index (κ3) is 2.63. The quantitative estimate of drug-likeness (QED) is 0.768. The van der Waals surface area contributed by atoms with Crippen molar-refractivity contribution in [2.45, 2.75) is 24.5 Å². The summed E-state index contributed by atoms with van der Waals surface area (Å²) in [5.74, 6) is 0. The zero-order chi connectivity index (χ0) is 13.3. The lowest BCUT2D eigenvalue weighted by Crippen LogP contribution is -2.37. The minimum Gasteiger partial charge on any atom is -0.394 e. The molecule has 1 aliphatic carbocycles. The summed E-state index contributed by atoms with van der Waals surface area (Å²) in [6.45, 7) is 0.635. The molecule has 3 nitrogen and oxygen atoms in total. The highest BCUT2D eigenvalue weighted by Gasteiger charge is 2.41. The first-order valence-corrected chi connectivity index (χ1v) is 6.75. The number of nitrogens with one attached hydrogen (secondary N) is 1. The lowest BCUT2D eigenvalue weighted by atomic mass is 10.0. The summed E-state index contributed by atoms with van der Waals surface area (Å²) in [5.41, 5.74) is 0.789. The third-order valence-electron chi connectivity index (χ3n) is 3.98. The van der Waals surface area contributed by atoms with Crippen LogP contribution in [-0.4, -0.2) is 28.9 Å². The minimum atomic E-state index is -0.534. The highest BCUT2D eigenvalue weighted by Crippen LogP contribution is 2.35. The smallest absolute Gasteiger partial charge is 0.0914 e. The van der Waals surface area contributed by atoms with E-state index < -0.39 is 6.10 Å². The molecule has 0 aliphatic heterocycles. The number of β-amino-alcohol motifs (C(OH)–C–C–N with tert-alkyl or cyclic N) is 1. The molecule has 1 fully saturated rings. The summed E-state index contributed by atoms with van der Waals surface area (Å²) in [6.07, 6.45) is 1.45. The first-order valence-electron chi connectivity index (χ1n) is 6.75. The van der Waals surface area contributed by atoms with Crippen LogP contribution in [0.2, 0.25) is 0 Å². The van der Waals surface area contributed by atoms with Gasteiger partial charge in [-0.25, -0.2) is 0 Å². The Kier molecular flexibility index (Phi) is 3.27. The summed E-state index contributed by atoms with van der Waals surface area (Å²) in [4.78, 5) is 0. The average molecular weight is 257 g/mol. The fraction of sp³-hybridized carbons (Fsp3) is 0.375. The third-order valence-corrected chi connectivity index (χ3v) is 3.98. The molecule has 0 heterocycles. The molecule has 0 radical (unpaired) electrons. The van der Waals surface area contributed by atoms with Crippen molar-refractivity contribution < 1.29 is 10.2 Å². The molecule has 2 aromatic rings. The van der Waals surface area contributed by atoms with Gasteiger partial charge in [-0.1, -0.05) is 36.4 Å². The summed E-state index contributed by atoms with van der Waals surface area (Å²) in [5, 5.41) is 25.0. The van der Waals surface area contributed by atoms with Crippen LogP contribution in [0.1, 0.15) is 24.5 Å². The number of benzene rings is 2. The van der Waals surface area contributed by atoms with Gasteiger partial charge in [0.1, 0.15) is 0 Å². The maximum Gasteiger partial charge on any atom is 0.0914 e. The molecule has 0 bridgehead atoms. The molecule has 0 spiro atoms. The van der Waals surface area contributed by atoms with Gasteiger partial charge in [0.2, 0.25) is 0 Å². The standard InChI is InChI=1S/C16H19NO2/c18-11-16(7-8-16)17-10-15(19)14-6-5-12-3-1-2-4-13(12)9-14/h1-6,9,15,17-19H,7-8,10-11H2. The Morgan fingerprint density at radius 3 is 2.53 bits per heavy atom. The molecule has 2 aromatic carbocycles. The lowest BCUT2D eigenvalue weighted by molar-refractivity contribution is 0.154. The van der Waals surface area contributed by atoms with Gasteiger partial charge in [0.25, 0.3) is 0 Å². The Labute approximate surface area is 112 Å². The van der Waals surface area contributed by atoms with E-state index in [9.17, 15) is 10.2 Å². The molecule has 3 rings (SSSR count). The topological polar surface area (TPSA) is 52.5 Å². The molecule has 1 saturated carbocycles. The van der Waals surface area contributed by atoms with Crippen LogP contribution in [0.25, 0.3) is 10.8 Å². The second-order valence-corrected chi connectivity index (χ2v) is 5.44. The molecule has 1 unspecified atom stereocenters. The summed E-state index contributed by atoms with van der Waals surface area (Å²) in [6, 6.07) is 14.2. The van der Waals surface area contributed by atoms with Gasteiger partial charge in [-0.05, 0) is 35.2 Å². The van der Waals surface area contributed by atoms with Gasteiger partial charge in [0, 0.05) is 12.1 Å². The second kappa shape index (κ2) is 4.93. The molecule has 0 saturated heterocycles. The molecular formula is C16H19NO2. The van der Waals surface area contributed by atoms with Crippen LogP contribution in [0.5, 0.6) is 0 Å². The predicted molar refractivity (Wildman–Crippen MR) is 76.0 cm³/mol. The zero-order valence-electron chi connectivity index (χ0n) is 10.8. The van der Waals surface area contributed by atoms with Crippen molar-refractivity contribution >= 4 is 10.8 Å². The SMILES string of the molecule is OCC1(NCC(O)c2ccc3ccccc3c2)CC1. The summed E-state index contributed by atoms with van der Waals surface area (Å²) >= 11 is 0. The molecule has 0 amide bonds. The van der Waals surface area contributed by atoms with Crippen molar-refractivity contribution in [2.24, 2.45) is 0 Å². The lowest BCUT2D eigenvalue weighted by Gasteiger charge is -2.18. The first-order chi connectivity index (χ1) is 9.22. The minimum absolute atomic E-state index is 0.127. The van der Waals surface area contributed by atoms with Gasteiger partial charge in [-0.2, -0.15) is 0 Å². The number of aliphatic hydroxyl groups is 2. The Morgan fingerprint density at radius 1 is 1.11 bits per heavy atom. The van der Waals surface area contributed by atoms with E-state index in [2.05, 4.69) is 17.4 Å². The molecule has 1 atom stereocenters. The van der Waals surface area contributed by atoms with Crippen LogP contribution in [0, 0.1) is 0 Å². The van der Waals surface area contributed by atoms with E-state index in [1.165, 1.54) is 5.39 Å². The predicted octanol–water partition coefficient (Wildman–Crippen LogP) is 1.99. The van der Waals surface area contributed by atoms with Crippen molar-refractivity contribution in [3.63, 3.8) is 0 Å². The van der Waals surface area contributed by atoms with Crippen molar-refractivity contribution in [1.29, 1.82) is 0 Å². The van der Waals surface area contributed by atoms with Crippen LogP contribution in [0.15, 0.2) is 42.5 Å². The Morgan fingerprint density at radius 2 is 1.84 bits per heavy atom. The number of aliphatic hydroxyl groups excluding tert-OH is 2. The van der Waals surface area contributed by atoms with Gasteiger partial charge in [0.05, 0.1) is 12.7 Å². The van der Waals surface area contributed by atoms with Crippen molar-refractivity contribution in [3.8, 4) is 0 Å². The highest BCUT2D eigenvalue weighted by molar-refractivity contribution is 5.83. The van der Waals surface area contributed by atoms with Gasteiger partial charge in [0.15, 0.2) is 0 Å². The van der Waals surface area contributed by atoms with Gasteiger partial charge in [-0.15, -0.1) is 0 Å². The fourth-order valence-electron chi connectivity index (χ4n) is 2.39. The zero-order valence-corrected chi connectivity index (χ0v) is 10.8. The Bertz CT molecular complexity index is 578. The number of rotatable bonds is 5. The van der Waals surface area contributed by atoms with Crippen LogP contribution >= 0.6 is 0 Å². The Hall–Kier alpha value is -1.42. The summed E-state index contributed by atoms with van der Waals surface area (Å²) in [7, 11) is 0. The number of fused-ring (bicyclic) bond motifs is 1. The van der Waals surface area contributed by atoms with Crippen molar-refractivity contribution in [2.75, 3.05) is 13.2 Å². The molecule has 100 valence electrons. The number of hydrogen-bond donors (Lipinski definition) is 3. The maximum atomic E-state index is 10.2. The molecule has 3 N–H and O–H groups in total. The van der Waals surface area contributed by atoms with E-state index >= 15 is 0 Å². The van der Waals surface area contributed by atoms with E-state index in [1.54, 1.807) is 0 Å². The van der Waals surface area contributed by atoms with Crippen LogP contribution in [0.3, 0.4) is 0 Å². The van der Waals surface area contributed by atoms with E-state index in [0.29, 0.717) is 6.54 Å². The highest BCUT2D eigenvalue weighted by atomic mass is 16.3. The van der Waals surface area contributed by atoms with E-state index in [-0.39, 0.29) is 12.1 Å². The van der Waals surface area contributed by atoms with Gasteiger partial charge >= 0.3 is 0 Å². The van der Waals surface area contributed by atoms with Crippen LogP contribution in [0.4, 0.5) is 0 Å². The fourth-order valence-corrected chi connectivity index (χ4v) is 2.39. The molecule has 0 aromatic heterocycles. The summed E-state index contributed by atoms with van der Waals surface area (Å²) < 4.78 is 0. The van der Waals surface area contributed by atoms with E-state index in [1.807, 2.05) is 30.3 Å². The van der Waals surface area contributed by atoms with E-state index in [4.69, 9.17) is 0 Å². The van der Waals surface area contributed by atoms with Crippen molar-refractivity contribution in [1.82, 2.24) is 5.32 Å². The normalized spacial score (nSPS) is 18.4. The van der Waals surface area contributed by atoms with E-state index in [0.717, 1.165) is 23.8 Å². The van der Waals surface area contributed by atoms with Gasteiger partial charge in [-0.3, -0.25) is 0 Å². The van der Waals surface area contributed by atoms with Crippen LogP contribution in [-0.2, 0) is 0 Å². The monoisotopic (exact) mass is 257 g/mol. The molecule has 1 aliphatic rings. The number of hydrogen-bond acceptors (Lipinski definition) is 3.